The molecular formula is C20H20F3N3O4. The van der Waals surface area contributed by atoms with Crippen molar-refractivity contribution in [2.75, 3.05) is 30.4 Å². The molecule has 30 heavy (non-hydrogen) atoms. The maximum Gasteiger partial charge on any atom is 0.419 e. The second-order valence-electron chi connectivity index (χ2n) is 6.84. The van der Waals surface area contributed by atoms with Gasteiger partial charge in [-0.15, -0.1) is 0 Å². The number of alkyl halides is 3. The number of anilines is 2. The number of amides is 1. The summed E-state index contributed by atoms with van der Waals surface area (Å²) in [4.78, 5) is 29.7. The number of carbonyl (C=O) groups excluding carboxylic acids is 2. The van der Waals surface area contributed by atoms with E-state index in [-0.39, 0.29) is 23.6 Å². The van der Waals surface area contributed by atoms with Gasteiger partial charge in [-0.1, -0.05) is 6.07 Å². The van der Waals surface area contributed by atoms with Gasteiger partial charge in [0.05, 0.1) is 24.3 Å². The van der Waals surface area contributed by atoms with Gasteiger partial charge in [0, 0.05) is 19.3 Å². The number of pyridine rings is 1. The highest BCUT2D eigenvalue weighted by atomic mass is 19.4. The number of aromatic hydroxyl groups is 1. The van der Waals surface area contributed by atoms with Crippen LogP contribution in [0.25, 0.3) is 0 Å². The van der Waals surface area contributed by atoms with Crippen molar-refractivity contribution < 1.29 is 32.6 Å². The number of hydrogen-bond donors (Lipinski definition) is 2. The summed E-state index contributed by atoms with van der Waals surface area (Å²) in [7, 11) is 1.16. The molecule has 0 saturated carbocycles. The van der Waals surface area contributed by atoms with E-state index in [4.69, 9.17) is 0 Å². The number of phenols is 1. The fourth-order valence-electron chi connectivity index (χ4n) is 3.41. The van der Waals surface area contributed by atoms with Gasteiger partial charge < -0.3 is 20.1 Å². The van der Waals surface area contributed by atoms with E-state index in [1.165, 1.54) is 35.4 Å². The van der Waals surface area contributed by atoms with Crippen molar-refractivity contribution in [3.8, 4) is 5.75 Å². The molecule has 0 aliphatic carbocycles. The minimum atomic E-state index is -4.56. The standard InChI is InChI=1S/C20H20F3N3O4/c1-30-19(29)13-6-2-8-15(16(13)27)25-18(28)12-5-4-10-26(11-12)17-14(20(21,22)23)7-3-9-24-17/h2-3,6-9,12,27H,4-5,10-11H2,1H3,(H,25,28). The van der Waals surface area contributed by atoms with Crippen LogP contribution in [0.3, 0.4) is 0 Å². The molecule has 2 heterocycles. The maximum absolute atomic E-state index is 13.3. The number of methoxy groups -OCH3 is 1. The number of nitrogens with one attached hydrogen (secondary N) is 1. The summed E-state index contributed by atoms with van der Waals surface area (Å²) < 4.78 is 44.5. The van der Waals surface area contributed by atoms with Crippen LogP contribution in [-0.2, 0) is 15.7 Å². The Balaban J connectivity index is 1.77. The Kier molecular flexibility index (Phi) is 6.14. The number of benzene rings is 1. The molecule has 1 aliphatic heterocycles. The van der Waals surface area contributed by atoms with Gasteiger partial charge >= 0.3 is 12.1 Å². The maximum atomic E-state index is 13.3. The fourth-order valence-corrected chi connectivity index (χ4v) is 3.41. The topological polar surface area (TPSA) is 91.8 Å². The summed E-state index contributed by atoms with van der Waals surface area (Å²) in [6.07, 6.45) is -2.31. The Hall–Kier alpha value is -3.30. The summed E-state index contributed by atoms with van der Waals surface area (Å²) >= 11 is 0. The lowest BCUT2D eigenvalue weighted by Gasteiger charge is -2.34. The molecule has 1 unspecified atom stereocenters. The zero-order valence-corrected chi connectivity index (χ0v) is 16.1. The van der Waals surface area contributed by atoms with Gasteiger partial charge in [-0.05, 0) is 37.1 Å². The number of nitrogens with zero attached hydrogens (tertiary/aromatic N) is 2. The van der Waals surface area contributed by atoms with Crippen LogP contribution in [0.1, 0.15) is 28.8 Å². The second-order valence-corrected chi connectivity index (χ2v) is 6.84. The lowest BCUT2D eigenvalue weighted by molar-refractivity contribution is -0.137. The van der Waals surface area contributed by atoms with E-state index in [1.807, 2.05) is 0 Å². The summed E-state index contributed by atoms with van der Waals surface area (Å²) in [6, 6.07) is 6.41. The summed E-state index contributed by atoms with van der Waals surface area (Å²) in [5.74, 6) is -2.50. The molecule has 0 spiro atoms. The minimum Gasteiger partial charge on any atom is -0.505 e. The molecule has 2 N–H and O–H groups in total. The number of piperidine rings is 1. The highest BCUT2D eigenvalue weighted by Gasteiger charge is 2.37. The number of ether oxygens (including phenoxy) is 1. The van der Waals surface area contributed by atoms with Crippen molar-refractivity contribution in [1.82, 2.24) is 4.98 Å². The molecule has 1 amide bonds. The van der Waals surface area contributed by atoms with Crippen molar-refractivity contribution in [3.63, 3.8) is 0 Å². The van der Waals surface area contributed by atoms with Gasteiger partial charge in [0.2, 0.25) is 5.91 Å². The van der Waals surface area contributed by atoms with Crippen molar-refractivity contribution in [2.24, 2.45) is 5.92 Å². The van der Waals surface area contributed by atoms with Crippen LogP contribution in [-0.4, -0.2) is 42.2 Å². The van der Waals surface area contributed by atoms with Crippen LogP contribution in [0.2, 0.25) is 0 Å². The van der Waals surface area contributed by atoms with Crippen molar-refractivity contribution in [1.29, 1.82) is 0 Å². The SMILES string of the molecule is COC(=O)c1cccc(NC(=O)C2CCCN(c3ncccc3C(F)(F)F)C2)c1O. The van der Waals surface area contributed by atoms with Gasteiger partial charge in [-0.3, -0.25) is 4.79 Å². The highest BCUT2D eigenvalue weighted by molar-refractivity contribution is 5.99. The summed E-state index contributed by atoms with van der Waals surface area (Å²) in [5.41, 5.74) is -0.938. The van der Waals surface area contributed by atoms with E-state index < -0.39 is 35.3 Å². The number of hydrogen-bond acceptors (Lipinski definition) is 6. The van der Waals surface area contributed by atoms with E-state index in [0.717, 1.165) is 13.2 Å². The average Bonchev–Trinajstić information content (AvgIpc) is 2.74. The molecular weight excluding hydrogens is 403 g/mol. The molecule has 160 valence electrons. The van der Waals surface area contributed by atoms with E-state index in [1.54, 1.807) is 0 Å². The first-order chi connectivity index (χ1) is 14.2. The first-order valence-corrected chi connectivity index (χ1v) is 9.20. The molecule has 1 aromatic heterocycles. The molecule has 7 nitrogen and oxygen atoms in total. The van der Waals surface area contributed by atoms with Gasteiger partial charge in [-0.25, -0.2) is 9.78 Å². The molecule has 1 aromatic carbocycles. The molecule has 1 aliphatic rings. The summed E-state index contributed by atoms with van der Waals surface area (Å²) in [5, 5.41) is 12.8. The van der Waals surface area contributed by atoms with E-state index in [9.17, 15) is 27.9 Å². The number of phenolic OH excluding ortho intramolecular Hbond substituents is 1. The first-order valence-electron chi connectivity index (χ1n) is 9.20. The molecule has 2 aromatic rings. The van der Waals surface area contributed by atoms with E-state index >= 15 is 0 Å². The quantitative estimate of drug-likeness (QED) is 0.578. The van der Waals surface area contributed by atoms with Gasteiger partial charge in [-0.2, -0.15) is 13.2 Å². The zero-order valence-electron chi connectivity index (χ0n) is 16.1. The molecule has 1 fully saturated rings. The Morgan fingerprint density at radius 2 is 2.03 bits per heavy atom. The predicted octanol–water partition coefficient (Wildman–Crippen LogP) is 3.45. The third-order valence-corrected chi connectivity index (χ3v) is 4.88. The lowest BCUT2D eigenvalue weighted by Crippen LogP contribution is -2.42. The van der Waals surface area contributed by atoms with Crippen LogP contribution in [0.15, 0.2) is 36.5 Å². The van der Waals surface area contributed by atoms with Gasteiger partial charge in [0.25, 0.3) is 0 Å². The number of aromatic nitrogens is 1. The van der Waals surface area contributed by atoms with E-state index in [0.29, 0.717) is 19.4 Å². The largest absolute Gasteiger partial charge is 0.505 e. The van der Waals surface area contributed by atoms with E-state index in [2.05, 4.69) is 15.0 Å². The zero-order chi connectivity index (χ0) is 21.9. The average molecular weight is 423 g/mol. The van der Waals surface area contributed by atoms with Crippen LogP contribution in [0.4, 0.5) is 24.7 Å². The smallest absolute Gasteiger partial charge is 0.419 e. The van der Waals surface area contributed by atoms with Crippen molar-refractivity contribution in [2.45, 2.75) is 19.0 Å². The lowest BCUT2D eigenvalue weighted by atomic mass is 9.96. The number of esters is 1. The number of rotatable bonds is 4. The molecule has 0 bridgehead atoms. The number of carbonyl (C=O) groups is 2. The number of para-hydroxylation sites is 1. The summed E-state index contributed by atoms with van der Waals surface area (Å²) in [6.45, 7) is 0.385. The second kappa shape index (κ2) is 8.60. The fraction of sp³-hybridized carbons (Fsp3) is 0.350. The van der Waals surface area contributed by atoms with Gasteiger partial charge in [0.15, 0.2) is 5.75 Å². The third-order valence-electron chi connectivity index (χ3n) is 4.88. The Bertz CT molecular complexity index is 949. The highest BCUT2D eigenvalue weighted by Crippen LogP contribution is 2.37. The normalized spacial score (nSPS) is 16.8. The van der Waals surface area contributed by atoms with Crippen LogP contribution >= 0.6 is 0 Å². The van der Waals surface area contributed by atoms with Crippen LogP contribution in [0, 0.1) is 5.92 Å². The van der Waals surface area contributed by atoms with Crippen molar-refractivity contribution in [3.05, 3.63) is 47.7 Å². The number of halogens is 3. The molecule has 3 rings (SSSR count). The van der Waals surface area contributed by atoms with Crippen LogP contribution in [0.5, 0.6) is 5.75 Å². The molecule has 10 heteroatoms. The van der Waals surface area contributed by atoms with Gasteiger partial charge in [0.1, 0.15) is 11.4 Å². The van der Waals surface area contributed by atoms with Crippen LogP contribution < -0.4 is 10.2 Å². The Labute approximate surface area is 170 Å². The first kappa shape index (κ1) is 21.4. The minimum absolute atomic E-state index is 0.0221. The Morgan fingerprint density at radius 1 is 1.27 bits per heavy atom. The Morgan fingerprint density at radius 3 is 2.73 bits per heavy atom. The third kappa shape index (κ3) is 4.47. The van der Waals surface area contributed by atoms with Crippen molar-refractivity contribution >= 4 is 23.4 Å². The monoisotopic (exact) mass is 423 g/mol. The predicted molar refractivity (Wildman–Crippen MR) is 102 cm³/mol. The molecule has 0 radical (unpaired) electrons. The molecule has 1 atom stereocenters. The molecule has 1 saturated heterocycles.